The molecule has 0 radical (unpaired) electrons. The molecule has 1 rings (SSSR count). The van der Waals surface area contributed by atoms with Crippen LogP contribution in [-0.2, 0) is 0 Å². The fourth-order valence-electron chi connectivity index (χ4n) is 4.38. The molecule has 0 aliphatic carbocycles. The summed E-state index contributed by atoms with van der Waals surface area (Å²) < 4.78 is 2.60. The Morgan fingerprint density at radius 2 is 1.15 bits per heavy atom. The SMILES string of the molecule is CCCCCCCCCCCCCCCCCC1=[N+](CC)C(CC)CN1. The highest BCUT2D eigenvalue weighted by Gasteiger charge is 2.27. The van der Waals surface area contributed by atoms with Gasteiger partial charge < -0.3 is 0 Å². The maximum atomic E-state index is 3.65. The minimum Gasteiger partial charge on any atom is -0.274 e. The van der Waals surface area contributed by atoms with Crippen molar-refractivity contribution in [3.05, 3.63) is 0 Å². The van der Waals surface area contributed by atoms with E-state index in [0.29, 0.717) is 0 Å². The number of hydrogen-bond acceptors (Lipinski definition) is 1. The van der Waals surface area contributed by atoms with Crippen molar-refractivity contribution >= 4 is 5.84 Å². The van der Waals surface area contributed by atoms with Crippen molar-refractivity contribution in [2.45, 2.75) is 136 Å². The molecule has 0 spiro atoms. The summed E-state index contributed by atoms with van der Waals surface area (Å²) in [5.74, 6) is 1.52. The highest BCUT2D eigenvalue weighted by atomic mass is 15.2. The van der Waals surface area contributed by atoms with E-state index in [-0.39, 0.29) is 0 Å². The number of nitrogens with zero attached hydrogens (tertiary/aromatic N) is 1. The van der Waals surface area contributed by atoms with Crippen molar-refractivity contribution < 1.29 is 4.58 Å². The molecule has 0 saturated carbocycles. The molecule has 0 bridgehead atoms. The average Bonchev–Trinajstić information content (AvgIpc) is 3.06. The van der Waals surface area contributed by atoms with E-state index in [0.717, 1.165) is 6.04 Å². The van der Waals surface area contributed by atoms with Crippen LogP contribution in [0.15, 0.2) is 0 Å². The van der Waals surface area contributed by atoms with Crippen LogP contribution in [0.5, 0.6) is 0 Å². The molecule has 26 heavy (non-hydrogen) atoms. The number of amidine groups is 1. The molecule has 1 N–H and O–H groups in total. The lowest BCUT2D eigenvalue weighted by Crippen LogP contribution is -2.25. The van der Waals surface area contributed by atoms with Gasteiger partial charge in [0.15, 0.2) is 0 Å². The smallest absolute Gasteiger partial charge is 0.245 e. The highest BCUT2D eigenvalue weighted by molar-refractivity contribution is 5.78. The standard InChI is InChI=1S/C24H48N2/c1-4-7-8-9-10-11-12-13-14-15-16-17-18-19-20-21-24-25-22-23(5-2)26(24)6-3/h23H,4-22H2,1-3H3/p+1. The number of likely N-dealkylation sites (N-methyl/N-ethyl adjacent to an activating group) is 1. The third-order valence-electron chi connectivity index (χ3n) is 6.16. The summed E-state index contributed by atoms with van der Waals surface area (Å²) in [6.07, 6.45) is 24.2. The van der Waals surface area contributed by atoms with Crippen LogP contribution >= 0.6 is 0 Å². The molecule has 0 saturated heterocycles. The summed E-state index contributed by atoms with van der Waals surface area (Å²) in [5.41, 5.74) is 0. The number of rotatable bonds is 18. The van der Waals surface area contributed by atoms with Gasteiger partial charge >= 0.3 is 0 Å². The van der Waals surface area contributed by atoms with E-state index in [1.807, 2.05) is 0 Å². The minimum atomic E-state index is 0.742. The van der Waals surface area contributed by atoms with Gasteiger partial charge in [0.2, 0.25) is 5.84 Å². The van der Waals surface area contributed by atoms with E-state index in [4.69, 9.17) is 0 Å². The van der Waals surface area contributed by atoms with Gasteiger partial charge in [0.1, 0.15) is 12.6 Å². The molecule has 0 fully saturated rings. The topological polar surface area (TPSA) is 15.0 Å². The summed E-state index contributed by atoms with van der Waals surface area (Å²) >= 11 is 0. The van der Waals surface area contributed by atoms with Gasteiger partial charge in [-0.05, 0) is 19.8 Å². The summed E-state index contributed by atoms with van der Waals surface area (Å²) in [6, 6.07) is 0.742. The largest absolute Gasteiger partial charge is 0.274 e. The molecule has 0 aromatic carbocycles. The minimum absolute atomic E-state index is 0.742. The van der Waals surface area contributed by atoms with Gasteiger partial charge in [-0.25, -0.2) is 0 Å². The maximum Gasteiger partial charge on any atom is 0.245 e. The van der Waals surface area contributed by atoms with Gasteiger partial charge in [0, 0.05) is 6.42 Å². The molecular weight excluding hydrogens is 316 g/mol. The van der Waals surface area contributed by atoms with E-state index in [1.165, 1.54) is 128 Å². The van der Waals surface area contributed by atoms with Crippen molar-refractivity contribution in [3.63, 3.8) is 0 Å². The zero-order valence-electron chi connectivity index (χ0n) is 18.5. The second-order valence-electron chi connectivity index (χ2n) is 8.38. The zero-order chi connectivity index (χ0) is 18.9. The van der Waals surface area contributed by atoms with Gasteiger partial charge in [0.05, 0.1) is 6.54 Å². The quantitative estimate of drug-likeness (QED) is 0.203. The molecule has 1 unspecified atom stereocenters. The van der Waals surface area contributed by atoms with Gasteiger partial charge in [-0.2, -0.15) is 0 Å². The molecule has 1 atom stereocenters. The van der Waals surface area contributed by atoms with Crippen LogP contribution in [0.3, 0.4) is 0 Å². The Morgan fingerprint density at radius 1 is 0.692 bits per heavy atom. The zero-order valence-corrected chi connectivity index (χ0v) is 18.5. The Bertz CT molecular complexity index is 348. The molecule has 1 heterocycles. The lowest BCUT2D eigenvalue weighted by Gasteiger charge is -2.08. The first-order valence-electron chi connectivity index (χ1n) is 12.2. The molecule has 0 amide bonds. The van der Waals surface area contributed by atoms with Crippen LogP contribution < -0.4 is 5.32 Å². The second kappa shape index (κ2) is 16.6. The van der Waals surface area contributed by atoms with E-state index < -0.39 is 0 Å². The lowest BCUT2D eigenvalue weighted by atomic mass is 10.0. The lowest BCUT2D eigenvalue weighted by molar-refractivity contribution is -0.553. The van der Waals surface area contributed by atoms with Crippen LogP contribution in [0.1, 0.15) is 130 Å². The molecule has 154 valence electrons. The number of nitrogens with one attached hydrogen (secondary N) is 1. The van der Waals surface area contributed by atoms with E-state index >= 15 is 0 Å². The summed E-state index contributed by atoms with van der Waals surface area (Å²) in [4.78, 5) is 0. The van der Waals surface area contributed by atoms with E-state index in [1.54, 1.807) is 0 Å². The van der Waals surface area contributed by atoms with Crippen molar-refractivity contribution in [1.29, 1.82) is 0 Å². The Labute approximate surface area is 165 Å². The second-order valence-corrected chi connectivity index (χ2v) is 8.38. The van der Waals surface area contributed by atoms with E-state index in [2.05, 4.69) is 30.7 Å². The first-order chi connectivity index (χ1) is 12.8. The third-order valence-corrected chi connectivity index (χ3v) is 6.16. The Hall–Kier alpha value is -0.530. The summed E-state index contributed by atoms with van der Waals surface area (Å²) in [5, 5.41) is 3.65. The van der Waals surface area contributed by atoms with Crippen LogP contribution in [0, 0.1) is 0 Å². The molecule has 1 aliphatic rings. The number of unbranched alkanes of at least 4 members (excludes halogenated alkanes) is 14. The normalized spacial score (nSPS) is 17.1. The maximum absolute atomic E-state index is 3.65. The van der Waals surface area contributed by atoms with Crippen LogP contribution in [-0.4, -0.2) is 29.5 Å². The fraction of sp³-hybridized carbons (Fsp3) is 0.958. The molecule has 2 nitrogen and oxygen atoms in total. The van der Waals surface area contributed by atoms with Crippen molar-refractivity contribution in [2.24, 2.45) is 0 Å². The van der Waals surface area contributed by atoms with Crippen LogP contribution in [0.4, 0.5) is 0 Å². The first kappa shape index (κ1) is 23.5. The third kappa shape index (κ3) is 10.6. The summed E-state index contributed by atoms with van der Waals surface area (Å²) in [7, 11) is 0. The number of hydrogen-bond donors (Lipinski definition) is 1. The van der Waals surface area contributed by atoms with Gasteiger partial charge in [0.25, 0.3) is 0 Å². The van der Waals surface area contributed by atoms with E-state index in [9.17, 15) is 0 Å². The Kier molecular flexibility index (Phi) is 15.0. The first-order valence-corrected chi connectivity index (χ1v) is 12.2. The van der Waals surface area contributed by atoms with Crippen LogP contribution in [0.25, 0.3) is 0 Å². The Morgan fingerprint density at radius 3 is 1.58 bits per heavy atom. The van der Waals surface area contributed by atoms with Crippen molar-refractivity contribution in [1.82, 2.24) is 5.32 Å². The fourth-order valence-corrected chi connectivity index (χ4v) is 4.38. The monoisotopic (exact) mass is 365 g/mol. The molecule has 0 aromatic rings. The highest BCUT2D eigenvalue weighted by Crippen LogP contribution is 2.14. The molecule has 1 aliphatic heterocycles. The Balaban J connectivity index is 1.84. The molecular formula is C24H49N2+. The van der Waals surface area contributed by atoms with Gasteiger partial charge in [-0.15, -0.1) is 0 Å². The average molecular weight is 366 g/mol. The molecule has 0 aromatic heterocycles. The van der Waals surface area contributed by atoms with Crippen molar-refractivity contribution in [3.8, 4) is 0 Å². The van der Waals surface area contributed by atoms with Crippen molar-refractivity contribution in [2.75, 3.05) is 13.1 Å². The molecule has 2 heteroatoms. The van der Waals surface area contributed by atoms with Gasteiger partial charge in [-0.3, -0.25) is 9.89 Å². The predicted molar refractivity (Wildman–Crippen MR) is 117 cm³/mol. The summed E-state index contributed by atoms with van der Waals surface area (Å²) in [6.45, 7) is 9.24. The van der Waals surface area contributed by atoms with Crippen LogP contribution in [0.2, 0.25) is 0 Å². The van der Waals surface area contributed by atoms with Gasteiger partial charge in [-0.1, -0.05) is 104 Å². The predicted octanol–water partition coefficient (Wildman–Crippen LogP) is 7.06.